The first-order valence-electron chi connectivity index (χ1n) is 6.02. The Bertz CT molecular complexity index is 524. The van der Waals surface area contributed by atoms with Gasteiger partial charge < -0.3 is 10.5 Å². The van der Waals surface area contributed by atoms with Crippen LogP contribution in [0.2, 0.25) is 0 Å². The third-order valence-electron chi connectivity index (χ3n) is 2.33. The number of carbonyl (C=O) groups excluding carboxylic acids is 1. The van der Waals surface area contributed by atoms with Crippen molar-refractivity contribution < 1.29 is 27.1 Å². The van der Waals surface area contributed by atoms with Crippen LogP contribution in [-0.2, 0) is 4.74 Å². The quantitative estimate of drug-likeness (QED) is 0.818. The van der Waals surface area contributed by atoms with Gasteiger partial charge in [0.25, 0.3) is 0 Å². The number of benzene rings is 1. The number of carbonyl (C=O) groups is 1. The molecule has 0 saturated heterocycles. The molecule has 1 amide bonds. The Morgan fingerprint density at radius 1 is 1.29 bits per heavy atom. The lowest BCUT2D eigenvalue weighted by Crippen LogP contribution is -2.29. The number of hydrogen-bond acceptors (Lipinski definition) is 3. The summed E-state index contributed by atoms with van der Waals surface area (Å²) >= 11 is 0. The number of halogens is 4. The van der Waals surface area contributed by atoms with E-state index in [1.54, 1.807) is 20.8 Å². The van der Waals surface area contributed by atoms with Crippen molar-refractivity contribution in [2.45, 2.75) is 38.6 Å². The van der Waals surface area contributed by atoms with Gasteiger partial charge in [-0.2, -0.15) is 13.2 Å². The monoisotopic (exact) mass is 308 g/mol. The van der Waals surface area contributed by atoms with Gasteiger partial charge >= 0.3 is 12.3 Å². The fraction of sp³-hybridized carbons (Fsp3) is 0.462. The van der Waals surface area contributed by atoms with Crippen LogP contribution in [-0.4, -0.2) is 17.9 Å². The van der Waals surface area contributed by atoms with Gasteiger partial charge in [0.05, 0.1) is 0 Å². The highest BCUT2D eigenvalue weighted by molar-refractivity contribution is 5.84. The van der Waals surface area contributed by atoms with E-state index in [4.69, 9.17) is 10.5 Å². The van der Waals surface area contributed by atoms with Gasteiger partial charge in [-0.15, -0.1) is 0 Å². The number of alkyl halides is 3. The minimum absolute atomic E-state index is 0.0279. The molecule has 0 aliphatic heterocycles. The van der Waals surface area contributed by atoms with Crippen molar-refractivity contribution in [2.24, 2.45) is 5.73 Å². The molecule has 1 aromatic rings. The van der Waals surface area contributed by atoms with Gasteiger partial charge in [-0.1, -0.05) is 6.07 Å². The highest BCUT2D eigenvalue weighted by Gasteiger charge is 2.39. The minimum atomic E-state index is -4.75. The van der Waals surface area contributed by atoms with E-state index in [9.17, 15) is 22.4 Å². The molecule has 3 N–H and O–H groups in total. The predicted octanol–water partition coefficient (Wildman–Crippen LogP) is 3.73. The van der Waals surface area contributed by atoms with Gasteiger partial charge in [0.2, 0.25) is 0 Å². The van der Waals surface area contributed by atoms with Gasteiger partial charge in [-0.25, -0.2) is 9.18 Å². The maximum atomic E-state index is 13.6. The standard InChI is InChI=1S/C13H16F4N2O2/c1-12(2,3)21-11(20)19-7-4-5-8(9(14)6-7)10(18)13(15,16)17/h4-6,10H,18H2,1-3H3,(H,19,20). The molecule has 21 heavy (non-hydrogen) atoms. The summed E-state index contributed by atoms with van der Waals surface area (Å²) in [7, 11) is 0. The van der Waals surface area contributed by atoms with Gasteiger partial charge in [0.15, 0.2) is 0 Å². The Morgan fingerprint density at radius 2 is 1.86 bits per heavy atom. The first kappa shape index (κ1) is 17.2. The lowest BCUT2D eigenvalue weighted by atomic mass is 10.1. The summed E-state index contributed by atoms with van der Waals surface area (Å²) in [5, 5.41) is 2.22. The van der Waals surface area contributed by atoms with Crippen molar-refractivity contribution in [3.8, 4) is 0 Å². The summed E-state index contributed by atoms with van der Waals surface area (Å²) in [6.45, 7) is 4.91. The van der Waals surface area contributed by atoms with Gasteiger partial charge in [0, 0.05) is 11.3 Å². The average Bonchev–Trinajstić information content (AvgIpc) is 2.24. The fourth-order valence-electron chi connectivity index (χ4n) is 1.45. The second kappa shape index (κ2) is 5.88. The van der Waals surface area contributed by atoms with Gasteiger partial charge in [-0.05, 0) is 32.9 Å². The normalized spacial score (nSPS) is 13.7. The second-order valence-corrected chi connectivity index (χ2v) is 5.38. The zero-order valence-electron chi connectivity index (χ0n) is 11.7. The molecular weight excluding hydrogens is 292 g/mol. The van der Waals surface area contributed by atoms with E-state index in [-0.39, 0.29) is 5.69 Å². The molecule has 4 nitrogen and oxygen atoms in total. The van der Waals surface area contributed by atoms with E-state index in [0.29, 0.717) is 0 Å². The Kier molecular flexibility index (Phi) is 4.83. The summed E-state index contributed by atoms with van der Waals surface area (Å²) in [5.41, 5.74) is 3.46. The predicted molar refractivity (Wildman–Crippen MR) is 69.2 cm³/mol. The van der Waals surface area contributed by atoms with Crippen molar-refractivity contribution in [3.63, 3.8) is 0 Å². The number of hydrogen-bond donors (Lipinski definition) is 2. The van der Waals surface area contributed by atoms with Crippen molar-refractivity contribution in [3.05, 3.63) is 29.6 Å². The lowest BCUT2D eigenvalue weighted by Gasteiger charge is -2.20. The Hall–Kier alpha value is -1.83. The zero-order valence-corrected chi connectivity index (χ0v) is 11.7. The minimum Gasteiger partial charge on any atom is -0.444 e. The summed E-state index contributed by atoms with van der Waals surface area (Å²) in [4.78, 5) is 11.5. The van der Waals surface area contributed by atoms with Gasteiger partial charge in [0.1, 0.15) is 17.5 Å². The maximum absolute atomic E-state index is 13.6. The van der Waals surface area contributed by atoms with E-state index in [1.807, 2.05) is 0 Å². The van der Waals surface area contributed by atoms with Crippen LogP contribution in [0, 0.1) is 5.82 Å². The van der Waals surface area contributed by atoms with Crippen LogP contribution < -0.4 is 11.1 Å². The summed E-state index contributed by atoms with van der Waals surface area (Å²) < 4.78 is 55.9. The lowest BCUT2D eigenvalue weighted by molar-refractivity contribution is -0.149. The highest BCUT2D eigenvalue weighted by Crippen LogP contribution is 2.32. The smallest absolute Gasteiger partial charge is 0.412 e. The molecule has 0 radical (unpaired) electrons. The van der Waals surface area contributed by atoms with Crippen LogP contribution in [0.3, 0.4) is 0 Å². The number of anilines is 1. The van der Waals surface area contributed by atoms with Crippen molar-refractivity contribution in [1.29, 1.82) is 0 Å². The molecule has 1 aromatic carbocycles. The van der Waals surface area contributed by atoms with Crippen LogP contribution >= 0.6 is 0 Å². The third-order valence-corrected chi connectivity index (χ3v) is 2.33. The second-order valence-electron chi connectivity index (χ2n) is 5.38. The number of ether oxygens (including phenoxy) is 1. The molecule has 0 bridgehead atoms. The molecule has 1 unspecified atom stereocenters. The van der Waals surface area contributed by atoms with Crippen LogP contribution in [0.4, 0.5) is 28.0 Å². The third kappa shape index (κ3) is 5.22. The Balaban J connectivity index is 2.86. The van der Waals surface area contributed by atoms with Crippen LogP contribution in [0.1, 0.15) is 32.4 Å². The first-order chi connectivity index (χ1) is 9.40. The largest absolute Gasteiger partial charge is 0.444 e. The van der Waals surface area contributed by atoms with Crippen molar-refractivity contribution >= 4 is 11.8 Å². The van der Waals surface area contributed by atoms with E-state index < -0.39 is 35.3 Å². The van der Waals surface area contributed by atoms with Crippen LogP contribution in [0.5, 0.6) is 0 Å². The topological polar surface area (TPSA) is 64.3 Å². The molecule has 0 heterocycles. The molecule has 0 saturated carbocycles. The molecular formula is C13H16F4N2O2. The number of rotatable bonds is 2. The van der Waals surface area contributed by atoms with E-state index in [0.717, 1.165) is 18.2 Å². The molecule has 0 aliphatic carbocycles. The zero-order chi connectivity index (χ0) is 16.4. The fourth-order valence-corrected chi connectivity index (χ4v) is 1.45. The molecule has 1 rings (SSSR count). The SMILES string of the molecule is CC(C)(C)OC(=O)Nc1ccc(C(N)C(F)(F)F)c(F)c1. The molecule has 0 aliphatic rings. The van der Waals surface area contributed by atoms with E-state index in [2.05, 4.69) is 5.32 Å². The summed E-state index contributed by atoms with van der Waals surface area (Å²) in [5.74, 6) is -1.16. The molecule has 0 fully saturated rings. The van der Waals surface area contributed by atoms with Crippen molar-refractivity contribution in [1.82, 2.24) is 0 Å². The van der Waals surface area contributed by atoms with E-state index >= 15 is 0 Å². The number of nitrogens with two attached hydrogens (primary N) is 1. The summed E-state index contributed by atoms with van der Waals surface area (Å²) in [6.07, 6.45) is -5.59. The Morgan fingerprint density at radius 3 is 2.29 bits per heavy atom. The molecule has 118 valence electrons. The summed E-state index contributed by atoms with van der Waals surface area (Å²) in [6, 6.07) is 0.326. The maximum Gasteiger partial charge on any atom is 0.412 e. The van der Waals surface area contributed by atoms with Crippen LogP contribution in [0.25, 0.3) is 0 Å². The molecule has 8 heteroatoms. The molecule has 0 aromatic heterocycles. The van der Waals surface area contributed by atoms with E-state index in [1.165, 1.54) is 0 Å². The number of nitrogens with one attached hydrogen (secondary N) is 1. The van der Waals surface area contributed by atoms with Gasteiger partial charge in [-0.3, -0.25) is 5.32 Å². The van der Waals surface area contributed by atoms with Crippen LogP contribution in [0.15, 0.2) is 18.2 Å². The first-order valence-corrected chi connectivity index (χ1v) is 6.02. The average molecular weight is 308 g/mol. The van der Waals surface area contributed by atoms with Crippen molar-refractivity contribution in [2.75, 3.05) is 5.32 Å². The molecule has 1 atom stereocenters. The number of amides is 1. The highest BCUT2D eigenvalue weighted by atomic mass is 19.4. The molecule has 0 spiro atoms. The Labute approximate surface area is 119 Å².